The Labute approximate surface area is 118 Å². The van der Waals surface area contributed by atoms with Crippen molar-refractivity contribution in [2.45, 2.75) is 44.9 Å². The van der Waals surface area contributed by atoms with E-state index in [2.05, 4.69) is 15.9 Å². The Morgan fingerprint density at radius 1 is 1.00 bits per heavy atom. The molecular weight excluding hydrogens is 296 g/mol. The molecule has 0 aromatic rings. The summed E-state index contributed by atoms with van der Waals surface area (Å²) in [7, 11) is 1.67. The zero-order valence-corrected chi connectivity index (χ0v) is 12.7. The molecule has 0 saturated carbocycles. The summed E-state index contributed by atoms with van der Waals surface area (Å²) in [5, 5.41) is 1.10. The third-order valence-corrected chi connectivity index (χ3v) is 3.81. The van der Waals surface area contributed by atoms with E-state index in [9.17, 15) is 9.59 Å². The fourth-order valence-electron chi connectivity index (χ4n) is 2.14. The Hall–Kier alpha value is -0.580. The Morgan fingerprint density at radius 3 is 2.06 bits per heavy atom. The van der Waals surface area contributed by atoms with Crippen LogP contribution in [0.5, 0.6) is 0 Å². The van der Waals surface area contributed by atoms with Crippen molar-refractivity contribution in [2.75, 3.05) is 25.5 Å². The molecule has 0 unspecified atom stereocenters. The molecule has 18 heavy (non-hydrogen) atoms. The third kappa shape index (κ3) is 4.96. The SMILES string of the molecule is CN1CC(=O)N(CCCCCCCCCBr)C1=O. The first-order valence-electron chi connectivity index (χ1n) is 6.78. The first-order chi connectivity index (χ1) is 8.66. The van der Waals surface area contributed by atoms with Gasteiger partial charge >= 0.3 is 6.03 Å². The fourth-order valence-corrected chi connectivity index (χ4v) is 2.53. The predicted molar refractivity (Wildman–Crippen MR) is 75.9 cm³/mol. The van der Waals surface area contributed by atoms with Crippen LogP contribution in [0, 0.1) is 0 Å². The molecule has 1 heterocycles. The molecule has 0 aliphatic carbocycles. The Kier molecular flexibility index (Phi) is 7.32. The number of unbranched alkanes of at least 4 members (excludes halogenated alkanes) is 6. The van der Waals surface area contributed by atoms with Crippen molar-refractivity contribution < 1.29 is 9.59 Å². The van der Waals surface area contributed by atoms with Crippen molar-refractivity contribution in [1.82, 2.24) is 9.80 Å². The minimum atomic E-state index is -0.141. The maximum Gasteiger partial charge on any atom is 0.326 e. The van der Waals surface area contributed by atoms with Gasteiger partial charge in [0.2, 0.25) is 5.91 Å². The highest BCUT2D eigenvalue weighted by molar-refractivity contribution is 9.09. The van der Waals surface area contributed by atoms with E-state index < -0.39 is 0 Å². The summed E-state index contributed by atoms with van der Waals surface area (Å²) in [6.07, 6.45) is 8.33. The van der Waals surface area contributed by atoms with Crippen LogP contribution in [0.3, 0.4) is 0 Å². The molecule has 0 bridgehead atoms. The molecular formula is C13H23BrN2O2. The van der Waals surface area contributed by atoms with E-state index in [1.807, 2.05) is 0 Å². The van der Waals surface area contributed by atoms with E-state index in [4.69, 9.17) is 0 Å². The van der Waals surface area contributed by atoms with E-state index in [0.29, 0.717) is 6.54 Å². The van der Waals surface area contributed by atoms with E-state index >= 15 is 0 Å². The van der Waals surface area contributed by atoms with Crippen LogP contribution >= 0.6 is 15.9 Å². The van der Waals surface area contributed by atoms with Gasteiger partial charge in [0, 0.05) is 18.9 Å². The lowest BCUT2D eigenvalue weighted by atomic mass is 10.1. The highest BCUT2D eigenvalue weighted by atomic mass is 79.9. The Bertz CT molecular complexity index is 284. The summed E-state index contributed by atoms with van der Waals surface area (Å²) < 4.78 is 0. The number of urea groups is 1. The van der Waals surface area contributed by atoms with Gasteiger partial charge in [0.1, 0.15) is 6.54 Å². The molecule has 4 nitrogen and oxygen atoms in total. The minimum Gasteiger partial charge on any atom is -0.318 e. The van der Waals surface area contributed by atoms with Crippen LogP contribution in [0.4, 0.5) is 4.79 Å². The summed E-state index contributed by atoms with van der Waals surface area (Å²) in [6, 6.07) is -0.141. The van der Waals surface area contributed by atoms with Crippen molar-refractivity contribution in [3.8, 4) is 0 Å². The molecule has 1 saturated heterocycles. The van der Waals surface area contributed by atoms with Crippen LogP contribution < -0.4 is 0 Å². The monoisotopic (exact) mass is 318 g/mol. The smallest absolute Gasteiger partial charge is 0.318 e. The maximum absolute atomic E-state index is 11.6. The number of halogens is 1. The predicted octanol–water partition coefficient (Wildman–Crippen LogP) is 3.01. The van der Waals surface area contributed by atoms with Gasteiger partial charge < -0.3 is 4.90 Å². The van der Waals surface area contributed by atoms with Gasteiger partial charge in [-0.3, -0.25) is 9.69 Å². The first kappa shape index (κ1) is 15.5. The molecule has 5 heteroatoms. The van der Waals surface area contributed by atoms with Gasteiger partial charge in [0.25, 0.3) is 0 Å². The minimum absolute atomic E-state index is 0.0557. The number of hydrogen-bond acceptors (Lipinski definition) is 2. The van der Waals surface area contributed by atoms with Crippen molar-refractivity contribution in [2.24, 2.45) is 0 Å². The largest absolute Gasteiger partial charge is 0.326 e. The van der Waals surface area contributed by atoms with Crippen molar-refractivity contribution >= 4 is 27.9 Å². The highest BCUT2D eigenvalue weighted by Gasteiger charge is 2.32. The summed E-state index contributed by atoms with van der Waals surface area (Å²) in [4.78, 5) is 25.9. The molecule has 1 aliphatic heterocycles. The number of rotatable bonds is 9. The quantitative estimate of drug-likeness (QED) is 0.372. The lowest BCUT2D eigenvalue weighted by Crippen LogP contribution is -2.32. The van der Waals surface area contributed by atoms with Crippen LogP contribution in [-0.4, -0.2) is 47.2 Å². The van der Waals surface area contributed by atoms with Crippen LogP contribution in [0.2, 0.25) is 0 Å². The fraction of sp³-hybridized carbons (Fsp3) is 0.846. The van der Waals surface area contributed by atoms with E-state index in [0.717, 1.165) is 18.2 Å². The van der Waals surface area contributed by atoms with Crippen LogP contribution in [0.15, 0.2) is 0 Å². The maximum atomic E-state index is 11.6. The van der Waals surface area contributed by atoms with Gasteiger partial charge in [-0.15, -0.1) is 0 Å². The zero-order valence-electron chi connectivity index (χ0n) is 11.2. The Balaban J connectivity index is 2.01. The van der Waals surface area contributed by atoms with Gasteiger partial charge in [-0.1, -0.05) is 48.0 Å². The van der Waals surface area contributed by atoms with Gasteiger partial charge in [-0.2, -0.15) is 0 Å². The number of hydrogen-bond donors (Lipinski definition) is 0. The highest BCUT2D eigenvalue weighted by Crippen LogP contribution is 2.12. The standard InChI is InChI=1S/C13H23BrN2O2/c1-15-11-12(17)16(13(15)18)10-8-6-4-2-3-5-7-9-14/h2-11H2,1H3. The molecule has 0 spiro atoms. The molecule has 0 radical (unpaired) electrons. The van der Waals surface area contributed by atoms with Crippen molar-refractivity contribution in [3.05, 3.63) is 0 Å². The molecule has 0 atom stereocenters. The molecule has 104 valence electrons. The summed E-state index contributed by atoms with van der Waals surface area (Å²) in [5.41, 5.74) is 0. The second-order valence-electron chi connectivity index (χ2n) is 4.85. The number of carbonyl (C=O) groups excluding carboxylic acids is 2. The van der Waals surface area contributed by atoms with Crippen LogP contribution in [0.1, 0.15) is 44.9 Å². The van der Waals surface area contributed by atoms with Gasteiger partial charge in [0.05, 0.1) is 0 Å². The average molecular weight is 319 g/mol. The molecule has 1 rings (SSSR count). The summed E-state index contributed by atoms with van der Waals surface area (Å²) >= 11 is 3.42. The number of amides is 3. The van der Waals surface area contributed by atoms with Gasteiger partial charge in [-0.05, 0) is 12.8 Å². The van der Waals surface area contributed by atoms with Crippen molar-refractivity contribution in [3.63, 3.8) is 0 Å². The number of imide groups is 1. The van der Waals surface area contributed by atoms with Gasteiger partial charge in [0.15, 0.2) is 0 Å². The number of alkyl halides is 1. The molecule has 3 amide bonds. The molecule has 0 N–H and O–H groups in total. The van der Waals surface area contributed by atoms with Crippen LogP contribution in [-0.2, 0) is 4.79 Å². The number of nitrogens with zero attached hydrogens (tertiary/aromatic N) is 2. The normalized spacial score (nSPS) is 15.9. The van der Waals surface area contributed by atoms with E-state index in [1.54, 1.807) is 7.05 Å². The molecule has 0 aromatic carbocycles. The lowest BCUT2D eigenvalue weighted by Gasteiger charge is -2.13. The molecule has 1 fully saturated rings. The topological polar surface area (TPSA) is 40.6 Å². The van der Waals surface area contributed by atoms with Crippen molar-refractivity contribution in [1.29, 1.82) is 0 Å². The second-order valence-corrected chi connectivity index (χ2v) is 5.64. The Morgan fingerprint density at radius 2 is 1.56 bits per heavy atom. The molecule has 1 aliphatic rings. The van der Waals surface area contributed by atoms with Gasteiger partial charge in [-0.25, -0.2) is 4.79 Å². The second kappa shape index (κ2) is 8.51. The zero-order chi connectivity index (χ0) is 13.4. The number of carbonyl (C=O) groups is 2. The van der Waals surface area contributed by atoms with E-state index in [1.165, 1.54) is 41.9 Å². The van der Waals surface area contributed by atoms with Crippen LogP contribution in [0.25, 0.3) is 0 Å². The lowest BCUT2D eigenvalue weighted by molar-refractivity contribution is -0.125. The first-order valence-corrected chi connectivity index (χ1v) is 7.90. The third-order valence-electron chi connectivity index (χ3n) is 3.25. The molecule has 0 aromatic heterocycles. The number of likely N-dealkylation sites (N-methyl/N-ethyl adjacent to an activating group) is 1. The summed E-state index contributed by atoms with van der Waals surface area (Å²) in [5.74, 6) is -0.0557. The summed E-state index contributed by atoms with van der Waals surface area (Å²) in [6.45, 7) is 0.828. The average Bonchev–Trinajstić information content (AvgIpc) is 2.58. The van der Waals surface area contributed by atoms with E-state index in [-0.39, 0.29) is 18.5 Å².